The number of unbranched alkanes of at least 4 members (excludes halogenated alkanes) is 5. The fourth-order valence-electron chi connectivity index (χ4n) is 3.07. The van der Waals surface area contributed by atoms with Gasteiger partial charge >= 0.3 is 18.0 Å². The van der Waals surface area contributed by atoms with Gasteiger partial charge in [0.05, 0.1) is 13.0 Å². The van der Waals surface area contributed by atoms with Gasteiger partial charge in [-0.05, 0) is 39.9 Å². The summed E-state index contributed by atoms with van der Waals surface area (Å²) in [5.74, 6) is 0.939. The molecule has 0 heterocycles. The third-order valence-electron chi connectivity index (χ3n) is 4.98. The van der Waals surface area contributed by atoms with E-state index in [0.717, 1.165) is 32.2 Å². The number of amides is 1. The fourth-order valence-corrected chi connectivity index (χ4v) is 4.72. The van der Waals surface area contributed by atoms with Crippen molar-refractivity contribution >= 4 is 39.6 Å². The molecule has 0 saturated heterocycles. The summed E-state index contributed by atoms with van der Waals surface area (Å²) >= 11 is 0. The number of nitrogens with zero attached hydrogens (tertiary/aromatic N) is 2. The maximum atomic E-state index is 12.5. The van der Waals surface area contributed by atoms with Crippen LogP contribution in [0.4, 0.5) is 4.79 Å². The van der Waals surface area contributed by atoms with Gasteiger partial charge in [-0.2, -0.15) is 0 Å². The molecule has 0 N–H and O–H groups in total. The van der Waals surface area contributed by atoms with Crippen LogP contribution in [0.25, 0.3) is 0 Å². The lowest BCUT2D eigenvalue weighted by molar-refractivity contribution is -0.144. The molecule has 0 aliphatic rings. The molecule has 0 aromatic heterocycles. The highest BCUT2D eigenvalue weighted by atomic mass is 33.1. The fraction of sp³-hybridized carbons (Fsp3) is 0.880. The van der Waals surface area contributed by atoms with E-state index in [1.54, 1.807) is 26.5 Å². The number of ether oxygens (including phenoxy) is 3. The molecule has 0 aromatic rings. The molecule has 0 aromatic carbocycles. The van der Waals surface area contributed by atoms with E-state index >= 15 is 0 Å². The number of esters is 2. The van der Waals surface area contributed by atoms with Crippen LogP contribution in [0.15, 0.2) is 0 Å². The standard InChI is InChI=1S/C25H48N2O6S2/c1-5-7-8-9-10-11-13-23(28)32-19-21-34-35-22-20-33-25(30)27(16-12-15-26(3)4)17-14-24(29)31-18-6-2/h5-22H2,1-4H3. The summed E-state index contributed by atoms with van der Waals surface area (Å²) in [6.45, 7) is 6.90. The van der Waals surface area contributed by atoms with Crippen molar-refractivity contribution in [2.24, 2.45) is 0 Å². The molecule has 0 unspecified atom stereocenters. The monoisotopic (exact) mass is 536 g/mol. The molecule has 0 aliphatic carbocycles. The Morgan fingerprint density at radius 3 is 1.89 bits per heavy atom. The van der Waals surface area contributed by atoms with Crippen LogP contribution < -0.4 is 0 Å². The van der Waals surface area contributed by atoms with Crippen LogP contribution in [0.5, 0.6) is 0 Å². The third kappa shape index (κ3) is 23.0. The van der Waals surface area contributed by atoms with Crippen LogP contribution in [0, 0.1) is 0 Å². The van der Waals surface area contributed by atoms with Crippen molar-refractivity contribution in [3.63, 3.8) is 0 Å². The SMILES string of the molecule is CCCCCCCCC(=O)OCCSSCCOC(=O)N(CCCN(C)C)CCC(=O)OCCC. The van der Waals surface area contributed by atoms with Crippen molar-refractivity contribution in [1.82, 2.24) is 9.80 Å². The van der Waals surface area contributed by atoms with E-state index in [1.807, 2.05) is 21.0 Å². The molecule has 0 atom stereocenters. The molecule has 0 aliphatic heterocycles. The Labute approximate surface area is 220 Å². The number of hydrogen-bond donors (Lipinski definition) is 0. The summed E-state index contributed by atoms with van der Waals surface area (Å²) in [5.41, 5.74) is 0. The second kappa shape index (κ2) is 24.6. The number of carbonyl (C=O) groups is 3. The Bertz CT molecular complexity index is 552. The van der Waals surface area contributed by atoms with E-state index < -0.39 is 6.09 Å². The lowest BCUT2D eigenvalue weighted by Crippen LogP contribution is -2.36. The first-order valence-corrected chi connectivity index (χ1v) is 15.5. The normalized spacial score (nSPS) is 10.9. The van der Waals surface area contributed by atoms with E-state index in [2.05, 4.69) is 11.8 Å². The molecular weight excluding hydrogens is 488 g/mol. The highest BCUT2D eigenvalue weighted by Gasteiger charge is 2.17. The highest BCUT2D eigenvalue weighted by Crippen LogP contribution is 2.20. The van der Waals surface area contributed by atoms with E-state index in [9.17, 15) is 14.4 Å². The summed E-state index contributed by atoms with van der Waals surface area (Å²) in [6, 6.07) is 0. The zero-order chi connectivity index (χ0) is 26.2. The van der Waals surface area contributed by atoms with Crippen molar-refractivity contribution in [3.05, 3.63) is 0 Å². The topological polar surface area (TPSA) is 85.4 Å². The quantitative estimate of drug-likeness (QED) is 0.0738. The van der Waals surface area contributed by atoms with Gasteiger partial charge in [-0.25, -0.2) is 4.79 Å². The number of hydrogen-bond acceptors (Lipinski definition) is 9. The van der Waals surface area contributed by atoms with Gasteiger partial charge in [0.25, 0.3) is 0 Å². The smallest absolute Gasteiger partial charge is 0.409 e. The Morgan fingerprint density at radius 1 is 0.629 bits per heavy atom. The largest absolute Gasteiger partial charge is 0.466 e. The minimum atomic E-state index is -0.402. The molecule has 0 spiro atoms. The molecule has 0 bridgehead atoms. The van der Waals surface area contributed by atoms with Crippen LogP contribution >= 0.6 is 21.6 Å². The molecule has 0 fully saturated rings. The maximum Gasteiger partial charge on any atom is 0.409 e. The molecular formula is C25H48N2O6S2. The zero-order valence-corrected chi connectivity index (χ0v) is 24.0. The van der Waals surface area contributed by atoms with Crippen LogP contribution in [-0.4, -0.2) is 92.9 Å². The lowest BCUT2D eigenvalue weighted by Gasteiger charge is -2.22. The van der Waals surface area contributed by atoms with Gasteiger partial charge in [-0.15, -0.1) is 0 Å². The van der Waals surface area contributed by atoms with Crippen molar-refractivity contribution in [2.45, 2.75) is 78.1 Å². The van der Waals surface area contributed by atoms with Crippen LogP contribution in [0.3, 0.4) is 0 Å². The van der Waals surface area contributed by atoms with Crippen LogP contribution in [0.2, 0.25) is 0 Å². The zero-order valence-electron chi connectivity index (χ0n) is 22.4. The minimum Gasteiger partial charge on any atom is -0.466 e. The first-order chi connectivity index (χ1) is 16.9. The van der Waals surface area contributed by atoms with E-state index in [0.29, 0.717) is 50.8 Å². The number of carbonyl (C=O) groups excluding carboxylic acids is 3. The van der Waals surface area contributed by atoms with E-state index in [-0.39, 0.29) is 18.4 Å². The van der Waals surface area contributed by atoms with Gasteiger partial charge in [-0.1, -0.05) is 67.5 Å². The summed E-state index contributed by atoms with van der Waals surface area (Å²) in [4.78, 5) is 39.6. The first-order valence-electron chi connectivity index (χ1n) is 13.0. The summed E-state index contributed by atoms with van der Waals surface area (Å²) in [7, 11) is 7.15. The molecule has 35 heavy (non-hydrogen) atoms. The predicted octanol–water partition coefficient (Wildman–Crippen LogP) is 5.40. The predicted molar refractivity (Wildman–Crippen MR) is 146 cm³/mol. The third-order valence-corrected chi connectivity index (χ3v) is 7.32. The van der Waals surface area contributed by atoms with Gasteiger partial charge in [0.15, 0.2) is 0 Å². The Balaban J connectivity index is 3.93. The Morgan fingerprint density at radius 2 is 1.23 bits per heavy atom. The van der Waals surface area contributed by atoms with Gasteiger partial charge in [0, 0.05) is 31.0 Å². The van der Waals surface area contributed by atoms with Crippen molar-refractivity contribution in [3.8, 4) is 0 Å². The summed E-state index contributed by atoms with van der Waals surface area (Å²) < 4.78 is 15.8. The van der Waals surface area contributed by atoms with Crippen LogP contribution in [-0.2, 0) is 23.8 Å². The number of rotatable bonds is 23. The second-order valence-electron chi connectivity index (χ2n) is 8.61. The van der Waals surface area contributed by atoms with Crippen LogP contribution in [0.1, 0.15) is 78.1 Å². The van der Waals surface area contributed by atoms with Crippen molar-refractivity contribution < 1.29 is 28.6 Å². The van der Waals surface area contributed by atoms with E-state index in [1.165, 1.54) is 25.7 Å². The average Bonchev–Trinajstić information content (AvgIpc) is 2.83. The molecule has 0 saturated carbocycles. The first kappa shape index (κ1) is 33.9. The van der Waals surface area contributed by atoms with Gasteiger partial charge in [-0.3, -0.25) is 9.59 Å². The summed E-state index contributed by atoms with van der Waals surface area (Å²) in [6.07, 6.45) is 8.77. The highest BCUT2D eigenvalue weighted by molar-refractivity contribution is 8.76. The van der Waals surface area contributed by atoms with Gasteiger partial charge < -0.3 is 24.0 Å². The minimum absolute atomic E-state index is 0.118. The molecule has 1 amide bonds. The lowest BCUT2D eigenvalue weighted by atomic mass is 10.1. The Hall–Kier alpha value is -1.13. The Kier molecular flexibility index (Phi) is 23.8. The molecule has 8 nitrogen and oxygen atoms in total. The molecule has 0 radical (unpaired) electrons. The molecule has 0 rings (SSSR count). The average molecular weight is 537 g/mol. The second-order valence-corrected chi connectivity index (χ2v) is 11.3. The van der Waals surface area contributed by atoms with E-state index in [4.69, 9.17) is 14.2 Å². The van der Waals surface area contributed by atoms with Crippen molar-refractivity contribution in [1.29, 1.82) is 0 Å². The van der Waals surface area contributed by atoms with Crippen molar-refractivity contribution in [2.75, 3.05) is 65.1 Å². The summed E-state index contributed by atoms with van der Waals surface area (Å²) in [5, 5.41) is 0. The molecule has 10 heteroatoms. The molecule has 206 valence electrons. The van der Waals surface area contributed by atoms with Gasteiger partial charge in [0.1, 0.15) is 13.2 Å². The maximum absolute atomic E-state index is 12.5. The van der Waals surface area contributed by atoms with Gasteiger partial charge in [0.2, 0.25) is 0 Å².